The molecule has 4 rings (SSSR count). The van der Waals surface area contributed by atoms with Gasteiger partial charge in [-0.3, -0.25) is 4.79 Å². The van der Waals surface area contributed by atoms with E-state index in [1.807, 2.05) is 0 Å². The number of carbonyl (C=O) groups excluding carboxylic acids is 1. The van der Waals surface area contributed by atoms with Crippen molar-refractivity contribution in [2.24, 2.45) is 34.5 Å². The number of esters is 1. The Labute approximate surface area is 122 Å². The molecule has 112 valence electrons. The minimum atomic E-state index is 0.145. The molecule has 4 saturated carbocycles. The lowest BCUT2D eigenvalue weighted by atomic mass is 9.70. The lowest BCUT2D eigenvalue weighted by Crippen LogP contribution is -2.40. The third kappa shape index (κ3) is 1.54. The van der Waals surface area contributed by atoms with Gasteiger partial charge in [-0.15, -0.1) is 0 Å². The van der Waals surface area contributed by atoms with E-state index in [0.717, 1.165) is 24.7 Å². The fourth-order valence-electron chi connectivity index (χ4n) is 6.07. The molecule has 0 N–H and O–H groups in total. The van der Waals surface area contributed by atoms with Crippen molar-refractivity contribution in [2.45, 2.75) is 71.8 Å². The van der Waals surface area contributed by atoms with Crippen molar-refractivity contribution >= 4 is 5.97 Å². The highest BCUT2D eigenvalue weighted by molar-refractivity contribution is 5.73. The second-order valence-electron chi connectivity index (χ2n) is 8.82. The molecule has 0 amide bonds. The Morgan fingerprint density at radius 1 is 1.05 bits per heavy atom. The molecule has 0 spiro atoms. The molecular formula is C18H28O2. The summed E-state index contributed by atoms with van der Waals surface area (Å²) in [6.07, 6.45) is 8.87. The van der Waals surface area contributed by atoms with Crippen LogP contribution in [-0.2, 0) is 9.53 Å². The lowest BCUT2D eigenvalue weighted by Gasteiger charge is -2.39. The quantitative estimate of drug-likeness (QED) is 0.707. The fourth-order valence-corrected chi connectivity index (χ4v) is 6.07. The number of fused-ring (bicyclic) bond motifs is 4. The Balaban J connectivity index is 1.47. The van der Waals surface area contributed by atoms with E-state index in [0.29, 0.717) is 11.3 Å². The molecule has 0 aliphatic heterocycles. The highest BCUT2D eigenvalue weighted by Crippen LogP contribution is 2.66. The molecule has 0 aromatic rings. The molecule has 0 saturated heterocycles. The minimum absolute atomic E-state index is 0.145. The highest BCUT2D eigenvalue weighted by atomic mass is 16.5. The average molecular weight is 276 g/mol. The summed E-state index contributed by atoms with van der Waals surface area (Å²) in [4.78, 5) is 12.6. The summed E-state index contributed by atoms with van der Waals surface area (Å²) in [5, 5.41) is 0. The maximum Gasteiger partial charge on any atom is 0.309 e. The Morgan fingerprint density at radius 2 is 1.85 bits per heavy atom. The summed E-state index contributed by atoms with van der Waals surface area (Å²) >= 11 is 0. The van der Waals surface area contributed by atoms with E-state index in [2.05, 4.69) is 20.8 Å². The van der Waals surface area contributed by atoms with Crippen LogP contribution in [0.5, 0.6) is 0 Å². The molecule has 4 aliphatic carbocycles. The van der Waals surface area contributed by atoms with Gasteiger partial charge in [0.25, 0.3) is 0 Å². The van der Waals surface area contributed by atoms with Crippen LogP contribution in [0.2, 0.25) is 0 Å². The zero-order valence-electron chi connectivity index (χ0n) is 13.2. The van der Waals surface area contributed by atoms with Gasteiger partial charge in [0.1, 0.15) is 6.10 Å². The first-order valence-corrected chi connectivity index (χ1v) is 8.62. The SMILES string of the molecule is CC1(C)C2CCC1(C)C(OC(=O)C1CC3CCC1C3)C2. The van der Waals surface area contributed by atoms with Gasteiger partial charge in [-0.25, -0.2) is 0 Å². The van der Waals surface area contributed by atoms with Gasteiger partial charge in [0, 0.05) is 5.41 Å². The summed E-state index contributed by atoms with van der Waals surface area (Å²) in [7, 11) is 0. The number of hydrogen-bond donors (Lipinski definition) is 0. The van der Waals surface area contributed by atoms with Gasteiger partial charge in [0.15, 0.2) is 0 Å². The van der Waals surface area contributed by atoms with Crippen molar-refractivity contribution < 1.29 is 9.53 Å². The molecule has 2 nitrogen and oxygen atoms in total. The van der Waals surface area contributed by atoms with Crippen LogP contribution in [0, 0.1) is 34.5 Å². The maximum absolute atomic E-state index is 12.6. The first-order valence-electron chi connectivity index (χ1n) is 8.62. The van der Waals surface area contributed by atoms with Crippen LogP contribution in [0.1, 0.15) is 65.7 Å². The van der Waals surface area contributed by atoms with Gasteiger partial charge in [0.05, 0.1) is 5.92 Å². The topological polar surface area (TPSA) is 26.3 Å². The minimum Gasteiger partial charge on any atom is -0.462 e. The third-order valence-electron chi connectivity index (χ3n) is 8.01. The molecular weight excluding hydrogens is 248 g/mol. The molecule has 4 bridgehead atoms. The molecule has 0 radical (unpaired) electrons. The largest absolute Gasteiger partial charge is 0.462 e. The van der Waals surface area contributed by atoms with Crippen LogP contribution < -0.4 is 0 Å². The number of hydrogen-bond acceptors (Lipinski definition) is 2. The Kier molecular flexibility index (Phi) is 2.64. The van der Waals surface area contributed by atoms with E-state index in [9.17, 15) is 4.79 Å². The van der Waals surface area contributed by atoms with E-state index in [-0.39, 0.29) is 23.4 Å². The zero-order chi connectivity index (χ0) is 14.1. The van der Waals surface area contributed by atoms with Gasteiger partial charge < -0.3 is 4.74 Å². The summed E-state index contributed by atoms with van der Waals surface area (Å²) in [6.45, 7) is 7.13. The van der Waals surface area contributed by atoms with Gasteiger partial charge in [-0.05, 0) is 61.7 Å². The first-order chi connectivity index (χ1) is 9.42. The number of ether oxygens (including phenoxy) is 1. The van der Waals surface area contributed by atoms with E-state index in [1.165, 1.54) is 32.1 Å². The summed E-state index contributed by atoms with van der Waals surface area (Å²) in [6, 6.07) is 0. The predicted molar refractivity (Wildman–Crippen MR) is 78.0 cm³/mol. The van der Waals surface area contributed by atoms with Gasteiger partial charge in [0.2, 0.25) is 0 Å². The second-order valence-corrected chi connectivity index (χ2v) is 8.82. The summed E-state index contributed by atoms with van der Waals surface area (Å²) < 4.78 is 6.08. The zero-order valence-corrected chi connectivity index (χ0v) is 13.2. The molecule has 0 heterocycles. The van der Waals surface area contributed by atoms with Crippen molar-refractivity contribution in [1.29, 1.82) is 0 Å². The van der Waals surface area contributed by atoms with Gasteiger partial charge in [-0.2, -0.15) is 0 Å². The summed E-state index contributed by atoms with van der Waals surface area (Å²) in [5.74, 6) is 2.60. The highest BCUT2D eigenvalue weighted by Gasteiger charge is 2.63. The number of rotatable bonds is 2. The normalized spacial score (nSPS) is 51.6. The molecule has 6 unspecified atom stereocenters. The van der Waals surface area contributed by atoms with Crippen LogP contribution in [0.15, 0.2) is 0 Å². The van der Waals surface area contributed by atoms with Crippen molar-refractivity contribution in [1.82, 2.24) is 0 Å². The van der Waals surface area contributed by atoms with Crippen LogP contribution in [0.4, 0.5) is 0 Å². The van der Waals surface area contributed by atoms with Gasteiger partial charge >= 0.3 is 5.97 Å². The van der Waals surface area contributed by atoms with Crippen molar-refractivity contribution in [3.8, 4) is 0 Å². The van der Waals surface area contributed by atoms with Crippen LogP contribution in [0.25, 0.3) is 0 Å². The Hall–Kier alpha value is -0.530. The van der Waals surface area contributed by atoms with E-state index < -0.39 is 0 Å². The van der Waals surface area contributed by atoms with Crippen LogP contribution in [-0.4, -0.2) is 12.1 Å². The monoisotopic (exact) mass is 276 g/mol. The van der Waals surface area contributed by atoms with E-state index >= 15 is 0 Å². The molecule has 20 heavy (non-hydrogen) atoms. The van der Waals surface area contributed by atoms with Crippen molar-refractivity contribution in [3.63, 3.8) is 0 Å². The Morgan fingerprint density at radius 3 is 2.35 bits per heavy atom. The van der Waals surface area contributed by atoms with Crippen molar-refractivity contribution in [3.05, 3.63) is 0 Å². The molecule has 6 atom stereocenters. The third-order valence-corrected chi connectivity index (χ3v) is 8.01. The molecule has 0 aromatic carbocycles. The van der Waals surface area contributed by atoms with Crippen LogP contribution >= 0.6 is 0 Å². The second kappa shape index (κ2) is 4.01. The van der Waals surface area contributed by atoms with Gasteiger partial charge in [-0.1, -0.05) is 27.2 Å². The average Bonchev–Trinajstić information content (AvgIpc) is 3.10. The lowest BCUT2D eigenvalue weighted by molar-refractivity contribution is -0.163. The molecule has 2 heteroatoms. The molecule has 4 aliphatic rings. The molecule has 4 fully saturated rings. The van der Waals surface area contributed by atoms with E-state index in [4.69, 9.17) is 4.74 Å². The first kappa shape index (κ1) is 13.2. The Bertz CT molecular complexity index is 441. The standard InChI is InChI=1S/C18H28O2/c1-17(2)13-6-7-18(17,3)15(10-13)20-16(19)14-9-11-4-5-12(14)8-11/h11-15H,4-10H2,1-3H3. The smallest absolute Gasteiger partial charge is 0.309 e. The van der Waals surface area contributed by atoms with E-state index in [1.54, 1.807) is 0 Å². The van der Waals surface area contributed by atoms with Crippen LogP contribution in [0.3, 0.4) is 0 Å². The van der Waals surface area contributed by atoms with Crippen molar-refractivity contribution in [2.75, 3.05) is 0 Å². The number of carbonyl (C=O) groups is 1. The fraction of sp³-hybridized carbons (Fsp3) is 0.944. The maximum atomic E-state index is 12.6. The molecule has 0 aromatic heterocycles. The predicted octanol–water partition coefficient (Wildman–Crippen LogP) is 4.18. The summed E-state index contributed by atoms with van der Waals surface area (Å²) in [5.41, 5.74) is 0.553.